The molecule has 0 saturated carbocycles. The Hall–Kier alpha value is -1.08. The number of rotatable bonds is 4. The second-order valence-electron chi connectivity index (χ2n) is 5.58. The van der Waals surface area contributed by atoms with Gasteiger partial charge in [-0.05, 0) is 18.0 Å². The van der Waals surface area contributed by atoms with Gasteiger partial charge in [0.2, 0.25) is 0 Å². The van der Waals surface area contributed by atoms with Crippen molar-refractivity contribution in [3.05, 3.63) is 54.8 Å². The smallest absolute Gasteiger partial charge is 0.103 e. The first-order chi connectivity index (χ1) is 7.98. The van der Waals surface area contributed by atoms with Gasteiger partial charge in [0.05, 0.1) is 0 Å². The summed E-state index contributed by atoms with van der Waals surface area (Å²) in [7, 11) is -1.67. The van der Waals surface area contributed by atoms with E-state index in [4.69, 9.17) is 0 Å². The van der Waals surface area contributed by atoms with Gasteiger partial charge in [-0.1, -0.05) is 74.1 Å². The topological polar surface area (TPSA) is 0 Å². The third kappa shape index (κ3) is 2.78. The fraction of sp³-hybridized carbons (Fsp3) is 0.375. The molecule has 1 heteroatoms. The minimum absolute atomic E-state index is 0.301. The third-order valence-electron chi connectivity index (χ3n) is 3.54. The van der Waals surface area contributed by atoms with Crippen LogP contribution in [0.25, 0.3) is 0 Å². The fourth-order valence-corrected chi connectivity index (χ4v) is 6.87. The summed E-state index contributed by atoms with van der Waals surface area (Å²) in [5, 5.41) is 1.81. The average molecular weight is 244 g/mol. The van der Waals surface area contributed by atoms with Crippen LogP contribution in [-0.2, 0) is 0 Å². The van der Waals surface area contributed by atoms with Crippen molar-refractivity contribution in [2.24, 2.45) is 0 Å². The number of benzene rings is 1. The van der Waals surface area contributed by atoms with Crippen LogP contribution < -0.4 is 5.19 Å². The first-order valence-corrected chi connectivity index (χ1v) is 8.56. The lowest BCUT2D eigenvalue weighted by Gasteiger charge is -2.41. The minimum atomic E-state index is -1.67. The van der Waals surface area contributed by atoms with Crippen LogP contribution in [0.2, 0.25) is 11.1 Å². The number of hydrogen-bond acceptors (Lipinski definition) is 0. The van der Waals surface area contributed by atoms with Crippen LogP contribution in [0.5, 0.6) is 0 Å². The summed E-state index contributed by atoms with van der Waals surface area (Å²) in [6, 6.07) is 12.0. The van der Waals surface area contributed by atoms with Gasteiger partial charge < -0.3 is 0 Å². The molecule has 92 valence electrons. The van der Waals surface area contributed by atoms with Crippen molar-refractivity contribution in [2.75, 3.05) is 0 Å². The molecule has 0 saturated heterocycles. The van der Waals surface area contributed by atoms with Crippen LogP contribution in [0.1, 0.15) is 27.7 Å². The predicted octanol–water partition coefficient (Wildman–Crippen LogP) is 4.44. The first kappa shape index (κ1) is 14.0. The molecule has 1 unspecified atom stereocenters. The van der Waals surface area contributed by atoms with E-state index in [0.29, 0.717) is 5.04 Å². The molecule has 0 heterocycles. The normalized spacial score (nSPS) is 15.8. The molecule has 0 radical (unpaired) electrons. The lowest BCUT2D eigenvalue weighted by Crippen LogP contribution is -2.53. The maximum Gasteiger partial charge on any atom is 0.118 e. The highest BCUT2D eigenvalue weighted by molar-refractivity contribution is 6.98. The summed E-state index contributed by atoms with van der Waals surface area (Å²) in [5.41, 5.74) is 2.46. The monoisotopic (exact) mass is 244 g/mol. The molecule has 17 heavy (non-hydrogen) atoms. The van der Waals surface area contributed by atoms with Crippen LogP contribution >= 0.6 is 0 Å². The lowest BCUT2D eigenvalue weighted by molar-refractivity contribution is 0.729. The molecule has 0 bridgehead atoms. The van der Waals surface area contributed by atoms with Gasteiger partial charge in [0.25, 0.3) is 0 Å². The molecule has 1 rings (SSSR count). The summed E-state index contributed by atoms with van der Waals surface area (Å²) < 4.78 is 0. The van der Waals surface area contributed by atoms with E-state index in [1.807, 2.05) is 0 Å². The SMILES string of the molecule is C=CC[Si](/C=C/C)(c1ccccc1)C(C)(C)C. The van der Waals surface area contributed by atoms with Gasteiger partial charge in [-0.2, -0.15) is 0 Å². The maximum absolute atomic E-state index is 3.97. The summed E-state index contributed by atoms with van der Waals surface area (Å²) in [6.45, 7) is 13.2. The molecule has 1 aromatic rings. The Morgan fingerprint density at radius 1 is 1.18 bits per heavy atom. The van der Waals surface area contributed by atoms with E-state index in [1.165, 1.54) is 5.19 Å². The van der Waals surface area contributed by atoms with Crippen molar-refractivity contribution >= 4 is 13.3 Å². The van der Waals surface area contributed by atoms with Crippen LogP contribution in [0.4, 0.5) is 0 Å². The second kappa shape index (κ2) is 5.50. The zero-order chi connectivity index (χ0) is 12.9. The molecular formula is C16H24Si. The van der Waals surface area contributed by atoms with Gasteiger partial charge in [-0.3, -0.25) is 0 Å². The Labute approximate surface area is 107 Å². The summed E-state index contributed by atoms with van der Waals surface area (Å²) >= 11 is 0. The van der Waals surface area contributed by atoms with E-state index in [9.17, 15) is 0 Å². The molecule has 0 spiro atoms. The largest absolute Gasteiger partial charge is 0.118 e. The van der Waals surface area contributed by atoms with Crippen LogP contribution in [-0.4, -0.2) is 8.07 Å². The van der Waals surface area contributed by atoms with Gasteiger partial charge in [-0.15, -0.1) is 6.58 Å². The van der Waals surface area contributed by atoms with E-state index < -0.39 is 8.07 Å². The van der Waals surface area contributed by atoms with Gasteiger partial charge in [0.15, 0.2) is 0 Å². The van der Waals surface area contributed by atoms with Crippen LogP contribution in [0.15, 0.2) is 54.8 Å². The van der Waals surface area contributed by atoms with Crippen molar-refractivity contribution in [1.82, 2.24) is 0 Å². The summed E-state index contributed by atoms with van der Waals surface area (Å²) in [4.78, 5) is 0. The Bertz CT molecular complexity index is 384. The summed E-state index contributed by atoms with van der Waals surface area (Å²) in [6.07, 6.45) is 4.30. The van der Waals surface area contributed by atoms with E-state index in [0.717, 1.165) is 6.04 Å². The zero-order valence-corrected chi connectivity index (χ0v) is 12.5. The van der Waals surface area contributed by atoms with Crippen LogP contribution in [0.3, 0.4) is 0 Å². The molecule has 0 nitrogen and oxygen atoms in total. The highest BCUT2D eigenvalue weighted by atomic mass is 28.3. The molecule has 0 fully saturated rings. The quantitative estimate of drug-likeness (QED) is 0.542. The highest BCUT2D eigenvalue weighted by Gasteiger charge is 2.42. The van der Waals surface area contributed by atoms with Crippen molar-refractivity contribution in [1.29, 1.82) is 0 Å². The zero-order valence-electron chi connectivity index (χ0n) is 11.5. The van der Waals surface area contributed by atoms with E-state index in [2.05, 4.69) is 82.5 Å². The third-order valence-corrected chi connectivity index (χ3v) is 9.42. The van der Waals surface area contributed by atoms with Gasteiger partial charge in [0.1, 0.15) is 8.07 Å². The van der Waals surface area contributed by atoms with Crippen molar-refractivity contribution in [2.45, 2.75) is 38.8 Å². The Morgan fingerprint density at radius 3 is 2.18 bits per heavy atom. The van der Waals surface area contributed by atoms with Gasteiger partial charge in [0, 0.05) is 0 Å². The first-order valence-electron chi connectivity index (χ1n) is 6.28. The van der Waals surface area contributed by atoms with E-state index >= 15 is 0 Å². The van der Waals surface area contributed by atoms with Crippen molar-refractivity contribution in [3.8, 4) is 0 Å². The molecule has 0 amide bonds. The van der Waals surface area contributed by atoms with Crippen molar-refractivity contribution in [3.63, 3.8) is 0 Å². The Kier molecular flexibility index (Phi) is 4.52. The second-order valence-corrected chi connectivity index (χ2v) is 10.3. The van der Waals surface area contributed by atoms with E-state index in [-0.39, 0.29) is 0 Å². The number of allylic oxidation sites excluding steroid dienone is 2. The minimum Gasteiger partial charge on any atom is -0.103 e. The molecule has 0 aliphatic rings. The highest BCUT2D eigenvalue weighted by Crippen LogP contribution is 2.39. The van der Waals surface area contributed by atoms with E-state index in [1.54, 1.807) is 0 Å². The lowest BCUT2D eigenvalue weighted by atomic mass is 10.2. The molecule has 1 aromatic carbocycles. The van der Waals surface area contributed by atoms with Gasteiger partial charge >= 0.3 is 0 Å². The molecule has 0 aliphatic carbocycles. The number of hydrogen-bond donors (Lipinski definition) is 0. The molecular weight excluding hydrogens is 220 g/mol. The fourth-order valence-electron chi connectivity index (χ4n) is 2.52. The molecule has 0 aliphatic heterocycles. The molecule has 0 aromatic heterocycles. The average Bonchev–Trinajstić information content (AvgIpc) is 2.28. The molecule has 1 atom stereocenters. The van der Waals surface area contributed by atoms with Crippen molar-refractivity contribution < 1.29 is 0 Å². The maximum atomic E-state index is 3.97. The Balaban J connectivity index is 3.40. The van der Waals surface area contributed by atoms with Crippen LogP contribution in [0, 0.1) is 0 Å². The summed E-state index contributed by atoms with van der Waals surface area (Å²) in [5.74, 6) is 0. The molecule has 0 N–H and O–H groups in total. The standard InChI is InChI=1S/C16H24Si/c1-6-13-17(14-7-2,16(3,4)5)15-11-9-8-10-12-15/h6-12,14H,1,13H2,2-5H3/b14-7+. The Morgan fingerprint density at radius 2 is 1.76 bits per heavy atom. The predicted molar refractivity (Wildman–Crippen MR) is 81.4 cm³/mol. The van der Waals surface area contributed by atoms with Gasteiger partial charge in [-0.25, -0.2) is 0 Å².